The molecule has 1 aliphatic rings. The molecule has 0 aliphatic heterocycles. The van der Waals surface area contributed by atoms with Crippen LogP contribution < -0.4 is 5.32 Å². The third kappa shape index (κ3) is 2.79. The van der Waals surface area contributed by atoms with Crippen LogP contribution in [0.2, 0.25) is 0 Å². The summed E-state index contributed by atoms with van der Waals surface area (Å²) in [6.07, 6.45) is 6.59. The summed E-state index contributed by atoms with van der Waals surface area (Å²) in [7, 11) is 0. The zero-order valence-corrected chi connectivity index (χ0v) is 11.2. The van der Waals surface area contributed by atoms with E-state index in [2.05, 4.69) is 21.6 Å². The molecule has 1 aromatic rings. The quantitative estimate of drug-likeness (QED) is 0.888. The molecule has 1 heterocycles. The summed E-state index contributed by atoms with van der Waals surface area (Å²) in [6, 6.07) is 2.23. The normalized spacial score (nSPS) is 16.3. The van der Waals surface area contributed by atoms with Crippen molar-refractivity contribution < 1.29 is 0 Å². The Morgan fingerprint density at radius 2 is 1.94 bits per heavy atom. The Labute approximate surface area is 108 Å². The highest BCUT2D eigenvalue weighted by molar-refractivity contribution is 5.55. The van der Waals surface area contributed by atoms with E-state index < -0.39 is 0 Å². The second-order valence-electron chi connectivity index (χ2n) is 5.13. The van der Waals surface area contributed by atoms with Crippen LogP contribution >= 0.6 is 0 Å². The molecule has 0 atom stereocenters. The third-order valence-electron chi connectivity index (χ3n) is 3.85. The van der Waals surface area contributed by atoms with E-state index in [1.165, 1.54) is 32.1 Å². The highest BCUT2D eigenvalue weighted by atomic mass is 15.2. The fourth-order valence-electron chi connectivity index (χ4n) is 2.50. The van der Waals surface area contributed by atoms with Gasteiger partial charge in [-0.3, -0.25) is 0 Å². The molecule has 0 unspecified atom stereocenters. The Balaban J connectivity index is 2.05. The zero-order valence-electron chi connectivity index (χ0n) is 11.2. The van der Waals surface area contributed by atoms with Gasteiger partial charge in [-0.2, -0.15) is 10.4 Å². The topological polar surface area (TPSA) is 61.6 Å². The van der Waals surface area contributed by atoms with Gasteiger partial charge in [0.1, 0.15) is 11.6 Å². The molecule has 1 fully saturated rings. The van der Waals surface area contributed by atoms with Crippen LogP contribution in [0.25, 0.3) is 0 Å². The Morgan fingerprint density at radius 1 is 1.22 bits per heavy atom. The molecule has 0 aromatic carbocycles. The minimum absolute atomic E-state index is 0.637. The van der Waals surface area contributed by atoms with Gasteiger partial charge in [-0.15, -0.1) is 5.10 Å². The number of rotatable bonds is 3. The first-order valence-corrected chi connectivity index (χ1v) is 6.70. The lowest BCUT2D eigenvalue weighted by Crippen LogP contribution is -2.19. The van der Waals surface area contributed by atoms with Crippen molar-refractivity contribution >= 4 is 5.82 Å². The van der Waals surface area contributed by atoms with Crippen molar-refractivity contribution in [2.75, 3.05) is 11.9 Å². The van der Waals surface area contributed by atoms with E-state index in [0.717, 1.165) is 17.8 Å². The maximum atomic E-state index is 9.20. The molecular formula is C14H20N4. The van der Waals surface area contributed by atoms with E-state index in [1.54, 1.807) is 0 Å². The molecule has 1 N–H and O–H groups in total. The largest absolute Gasteiger partial charge is 0.367 e. The standard InChI is InChI=1S/C14H20N4/c1-10-11(2)17-18-14(13(10)8-15)16-9-12-6-4-3-5-7-12/h12H,3-7,9H2,1-2H3,(H,16,18). The Hall–Kier alpha value is -1.63. The zero-order chi connectivity index (χ0) is 13.0. The van der Waals surface area contributed by atoms with Crippen LogP contribution in [0.5, 0.6) is 0 Å². The van der Waals surface area contributed by atoms with Gasteiger partial charge in [-0.1, -0.05) is 19.3 Å². The summed E-state index contributed by atoms with van der Waals surface area (Å²) in [5, 5.41) is 20.7. The fourth-order valence-corrected chi connectivity index (χ4v) is 2.50. The Bertz CT molecular complexity index is 456. The van der Waals surface area contributed by atoms with Crippen molar-refractivity contribution in [1.29, 1.82) is 5.26 Å². The van der Waals surface area contributed by atoms with Gasteiger partial charge in [0, 0.05) is 6.54 Å². The predicted octanol–water partition coefficient (Wildman–Crippen LogP) is 2.96. The van der Waals surface area contributed by atoms with Crippen molar-refractivity contribution in [2.45, 2.75) is 46.0 Å². The maximum absolute atomic E-state index is 9.20. The number of nitrogens with one attached hydrogen (secondary N) is 1. The van der Waals surface area contributed by atoms with Crippen molar-refractivity contribution in [3.8, 4) is 6.07 Å². The molecular weight excluding hydrogens is 224 g/mol. The van der Waals surface area contributed by atoms with Gasteiger partial charge in [0.05, 0.1) is 5.69 Å². The lowest BCUT2D eigenvalue weighted by Gasteiger charge is -2.22. The first kappa shape index (κ1) is 12.8. The number of anilines is 1. The average Bonchev–Trinajstić information content (AvgIpc) is 2.41. The van der Waals surface area contributed by atoms with Gasteiger partial charge in [-0.05, 0) is 38.2 Å². The number of aryl methyl sites for hydroxylation is 1. The number of nitriles is 1. The molecule has 0 bridgehead atoms. The molecule has 4 nitrogen and oxygen atoms in total. The van der Waals surface area contributed by atoms with Gasteiger partial charge in [-0.25, -0.2) is 0 Å². The van der Waals surface area contributed by atoms with Gasteiger partial charge in [0.25, 0.3) is 0 Å². The summed E-state index contributed by atoms with van der Waals surface area (Å²) < 4.78 is 0. The van der Waals surface area contributed by atoms with Gasteiger partial charge in [0.2, 0.25) is 0 Å². The van der Waals surface area contributed by atoms with Gasteiger partial charge >= 0.3 is 0 Å². The minimum atomic E-state index is 0.637. The summed E-state index contributed by atoms with van der Waals surface area (Å²) in [5.74, 6) is 1.36. The summed E-state index contributed by atoms with van der Waals surface area (Å²) in [6.45, 7) is 4.72. The van der Waals surface area contributed by atoms with E-state index in [1.807, 2.05) is 13.8 Å². The predicted molar refractivity (Wildman–Crippen MR) is 71.3 cm³/mol. The highest BCUT2D eigenvalue weighted by Crippen LogP contribution is 2.24. The van der Waals surface area contributed by atoms with Crippen molar-refractivity contribution in [1.82, 2.24) is 10.2 Å². The number of nitrogens with zero attached hydrogens (tertiary/aromatic N) is 3. The molecule has 0 saturated heterocycles. The molecule has 1 aromatic heterocycles. The average molecular weight is 244 g/mol. The second-order valence-corrected chi connectivity index (χ2v) is 5.13. The van der Waals surface area contributed by atoms with Crippen molar-refractivity contribution in [3.63, 3.8) is 0 Å². The van der Waals surface area contributed by atoms with Crippen LogP contribution in [-0.2, 0) is 0 Å². The third-order valence-corrected chi connectivity index (χ3v) is 3.85. The Morgan fingerprint density at radius 3 is 2.61 bits per heavy atom. The molecule has 0 amide bonds. The first-order chi connectivity index (χ1) is 8.72. The van der Waals surface area contributed by atoms with E-state index >= 15 is 0 Å². The minimum Gasteiger partial charge on any atom is -0.367 e. The number of aromatic nitrogens is 2. The lowest BCUT2D eigenvalue weighted by atomic mass is 9.89. The van der Waals surface area contributed by atoms with Crippen molar-refractivity contribution in [2.24, 2.45) is 5.92 Å². The summed E-state index contributed by atoms with van der Waals surface area (Å²) in [4.78, 5) is 0. The fraction of sp³-hybridized carbons (Fsp3) is 0.643. The molecule has 0 radical (unpaired) electrons. The van der Waals surface area contributed by atoms with Crippen LogP contribution in [0.3, 0.4) is 0 Å². The SMILES string of the molecule is Cc1nnc(NCC2CCCCC2)c(C#N)c1C. The van der Waals surface area contributed by atoms with Crippen LogP contribution in [0, 0.1) is 31.1 Å². The van der Waals surface area contributed by atoms with Crippen molar-refractivity contribution in [3.05, 3.63) is 16.8 Å². The number of hydrogen-bond donors (Lipinski definition) is 1. The van der Waals surface area contributed by atoms with Crippen LogP contribution in [-0.4, -0.2) is 16.7 Å². The van der Waals surface area contributed by atoms with Gasteiger partial charge < -0.3 is 5.32 Å². The molecule has 4 heteroatoms. The van der Waals surface area contributed by atoms with E-state index in [4.69, 9.17) is 0 Å². The molecule has 2 rings (SSSR count). The smallest absolute Gasteiger partial charge is 0.166 e. The molecule has 1 saturated carbocycles. The maximum Gasteiger partial charge on any atom is 0.166 e. The van der Waals surface area contributed by atoms with Gasteiger partial charge in [0.15, 0.2) is 5.82 Å². The molecule has 1 aliphatic carbocycles. The van der Waals surface area contributed by atoms with Crippen LogP contribution in [0.1, 0.15) is 48.9 Å². The Kier molecular flexibility index (Phi) is 4.14. The number of hydrogen-bond acceptors (Lipinski definition) is 4. The van der Waals surface area contributed by atoms with Crippen LogP contribution in [0.4, 0.5) is 5.82 Å². The molecule has 96 valence electrons. The molecule has 18 heavy (non-hydrogen) atoms. The lowest BCUT2D eigenvalue weighted by molar-refractivity contribution is 0.373. The summed E-state index contributed by atoms with van der Waals surface area (Å²) >= 11 is 0. The summed E-state index contributed by atoms with van der Waals surface area (Å²) in [5.41, 5.74) is 2.40. The second kappa shape index (κ2) is 5.81. The highest BCUT2D eigenvalue weighted by Gasteiger charge is 2.15. The van der Waals surface area contributed by atoms with E-state index in [0.29, 0.717) is 17.3 Å². The first-order valence-electron chi connectivity index (χ1n) is 6.70. The van der Waals surface area contributed by atoms with E-state index in [9.17, 15) is 5.26 Å². The van der Waals surface area contributed by atoms with Crippen LogP contribution in [0.15, 0.2) is 0 Å². The molecule has 0 spiro atoms. The monoisotopic (exact) mass is 244 g/mol. The van der Waals surface area contributed by atoms with E-state index in [-0.39, 0.29) is 0 Å².